The Morgan fingerprint density at radius 1 is 1.13 bits per heavy atom. The molecule has 0 saturated heterocycles. The van der Waals surface area contributed by atoms with Gasteiger partial charge in [0.05, 0.1) is 17.7 Å². The number of aromatic nitrogens is 2. The third-order valence-electron chi connectivity index (χ3n) is 4.52. The zero-order chi connectivity index (χ0) is 21.3. The summed E-state index contributed by atoms with van der Waals surface area (Å²) in [5.74, 6) is 0.0699. The van der Waals surface area contributed by atoms with Crippen LogP contribution in [0.2, 0.25) is 0 Å². The molecule has 1 aliphatic heterocycles. The van der Waals surface area contributed by atoms with Gasteiger partial charge >= 0.3 is 0 Å². The lowest BCUT2D eigenvalue weighted by atomic mass is 10.0. The van der Waals surface area contributed by atoms with Gasteiger partial charge in [-0.05, 0) is 36.4 Å². The predicted octanol–water partition coefficient (Wildman–Crippen LogP) is 2.53. The lowest BCUT2D eigenvalue weighted by molar-refractivity contribution is 0.269. The lowest BCUT2D eigenvalue weighted by Crippen LogP contribution is -2.20. The highest BCUT2D eigenvalue weighted by molar-refractivity contribution is 7.89. The highest BCUT2D eigenvalue weighted by Crippen LogP contribution is 2.33. The van der Waals surface area contributed by atoms with Crippen LogP contribution in [0.25, 0.3) is 0 Å². The summed E-state index contributed by atoms with van der Waals surface area (Å²) in [5, 5.41) is 10.9. The number of sulfonamides is 1. The summed E-state index contributed by atoms with van der Waals surface area (Å²) in [7, 11) is -3.86. The zero-order valence-electron chi connectivity index (χ0n) is 15.7. The van der Waals surface area contributed by atoms with Crippen molar-refractivity contribution in [2.24, 2.45) is 10.9 Å². The highest BCUT2D eigenvalue weighted by Gasteiger charge is 2.19. The molecule has 9 nitrogen and oxygen atoms in total. The van der Waals surface area contributed by atoms with Crippen LogP contribution < -0.4 is 26.2 Å². The van der Waals surface area contributed by atoms with Crippen molar-refractivity contribution in [1.29, 1.82) is 0 Å². The number of nitrogens with one attached hydrogen (secondary N) is 2. The van der Waals surface area contributed by atoms with E-state index in [2.05, 4.69) is 20.6 Å². The van der Waals surface area contributed by atoms with E-state index in [0.29, 0.717) is 30.2 Å². The fraction of sp³-hybridized carbons (Fsp3) is 0.158. The van der Waals surface area contributed by atoms with E-state index in [1.807, 2.05) is 0 Å². The van der Waals surface area contributed by atoms with Crippen LogP contribution in [0.15, 0.2) is 53.6 Å². The van der Waals surface area contributed by atoms with Crippen molar-refractivity contribution in [2.45, 2.75) is 17.4 Å². The molecular weight excluding hydrogens is 411 g/mol. The van der Waals surface area contributed by atoms with Gasteiger partial charge in [-0.15, -0.1) is 0 Å². The molecule has 2 aromatic carbocycles. The first-order valence-electron chi connectivity index (χ1n) is 9.01. The van der Waals surface area contributed by atoms with E-state index in [-0.39, 0.29) is 22.7 Å². The molecule has 0 aliphatic carbocycles. The standard InChI is InChI=1S/C19H19FN6O3S/c20-15-10-23-19(25-11-2-1-3-13(8-11)30(22,27)28)26-18(15)24-12-4-5-17-14(9-12)16(21)6-7-29-17/h1-5,8-10,16H,6-7,21H2,(H2,22,27,28)(H2,23,24,25,26). The maximum atomic E-state index is 14.3. The Morgan fingerprint density at radius 3 is 2.73 bits per heavy atom. The highest BCUT2D eigenvalue weighted by atomic mass is 32.2. The van der Waals surface area contributed by atoms with E-state index in [4.69, 9.17) is 15.6 Å². The Bertz CT molecular complexity index is 1200. The molecule has 0 fully saturated rings. The Labute approximate surface area is 172 Å². The number of primary sulfonamides is 1. The van der Waals surface area contributed by atoms with Crippen molar-refractivity contribution in [1.82, 2.24) is 9.97 Å². The summed E-state index contributed by atoms with van der Waals surface area (Å²) in [4.78, 5) is 7.96. The van der Waals surface area contributed by atoms with Crippen molar-refractivity contribution in [2.75, 3.05) is 17.2 Å². The van der Waals surface area contributed by atoms with Crippen LogP contribution in [0.4, 0.5) is 27.5 Å². The fourth-order valence-corrected chi connectivity index (χ4v) is 3.59. The SMILES string of the molecule is NC1CCOc2ccc(Nc3nc(Nc4cccc(S(N)(=O)=O)c4)ncc3F)cc21. The van der Waals surface area contributed by atoms with E-state index in [0.717, 1.165) is 11.8 Å². The molecule has 0 amide bonds. The molecule has 1 aromatic heterocycles. The van der Waals surface area contributed by atoms with Gasteiger partial charge in [-0.2, -0.15) is 4.98 Å². The van der Waals surface area contributed by atoms with Crippen LogP contribution >= 0.6 is 0 Å². The van der Waals surface area contributed by atoms with Gasteiger partial charge in [0.2, 0.25) is 16.0 Å². The molecule has 1 atom stereocenters. The number of halogens is 1. The van der Waals surface area contributed by atoms with E-state index in [1.165, 1.54) is 18.2 Å². The number of hydrogen-bond donors (Lipinski definition) is 4. The number of rotatable bonds is 5. The van der Waals surface area contributed by atoms with Crippen LogP contribution in [0.5, 0.6) is 5.75 Å². The summed E-state index contributed by atoms with van der Waals surface area (Å²) in [5.41, 5.74) is 7.93. The van der Waals surface area contributed by atoms with Crippen molar-refractivity contribution >= 4 is 33.2 Å². The molecule has 0 radical (unpaired) electrons. The first-order chi connectivity index (χ1) is 14.3. The molecule has 1 aliphatic rings. The van der Waals surface area contributed by atoms with E-state index < -0.39 is 15.8 Å². The summed E-state index contributed by atoms with van der Waals surface area (Å²) in [6.45, 7) is 0.559. The lowest BCUT2D eigenvalue weighted by Gasteiger charge is -2.23. The maximum Gasteiger partial charge on any atom is 0.238 e. The molecule has 6 N–H and O–H groups in total. The molecule has 0 spiro atoms. The minimum absolute atomic E-state index is 0.0552. The number of nitrogens with zero attached hydrogens (tertiary/aromatic N) is 2. The van der Waals surface area contributed by atoms with E-state index in [9.17, 15) is 12.8 Å². The van der Waals surface area contributed by atoms with Crippen molar-refractivity contribution in [3.8, 4) is 5.75 Å². The Kier molecular flexibility index (Phi) is 5.24. The molecule has 0 saturated carbocycles. The van der Waals surface area contributed by atoms with Gasteiger partial charge in [0.15, 0.2) is 11.6 Å². The first-order valence-corrected chi connectivity index (χ1v) is 10.6. The predicted molar refractivity (Wildman–Crippen MR) is 110 cm³/mol. The molecular formula is C19H19FN6O3S. The largest absolute Gasteiger partial charge is 0.493 e. The number of ether oxygens (including phenoxy) is 1. The number of nitrogens with two attached hydrogens (primary N) is 2. The van der Waals surface area contributed by atoms with Gasteiger partial charge in [0.1, 0.15) is 5.75 Å². The maximum absolute atomic E-state index is 14.3. The summed E-state index contributed by atoms with van der Waals surface area (Å²) in [6, 6.07) is 11.0. The average Bonchev–Trinajstić information content (AvgIpc) is 2.71. The van der Waals surface area contributed by atoms with Crippen LogP contribution in [-0.4, -0.2) is 25.0 Å². The van der Waals surface area contributed by atoms with Gasteiger partial charge in [-0.25, -0.2) is 22.9 Å². The molecule has 3 aromatic rings. The number of hydrogen-bond acceptors (Lipinski definition) is 8. The molecule has 0 bridgehead atoms. The van der Waals surface area contributed by atoms with Crippen LogP contribution in [-0.2, 0) is 10.0 Å². The van der Waals surface area contributed by atoms with Gasteiger partial charge in [-0.1, -0.05) is 6.07 Å². The molecule has 30 heavy (non-hydrogen) atoms. The summed E-state index contributed by atoms with van der Waals surface area (Å²) >= 11 is 0. The second-order valence-electron chi connectivity index (χ2n) is 6.71. The summed E-state index contributed by atoms with van der Waals surface area (Å²) < 4.78 is 42.9. The minimum Gasteiger partial charge on any atom is -0.493 e. The topological polar surface area (TPSA) is 145 Å². The second kappa shape index (κ2) is 7.86. The fourth-order valence-electron chi connectivity index (χ4n) is 3.03. The average molecular weight is 430 g/mol. The van der Waals surface area contributed by atoms with Crippen LogP contribution in [0.1, 0.15) is 18.0 Å². The van der Waals surface area contributed by atoms with Gasteiger partial charge in [0.25, 0.3) is 0 Å². The Hall–Kier alpha value is -3.28. The monoisotopic (exact) mass is 430 g/mol. The number of benzene rings is 2. The molecule has 156 valence electrons. The van der Waals surface area contributed by atoms with Crippen LogP contribution in [0.3, 0.4) is 0 Å². The van der Waals surface area contributed by atoms with Crippen molar-refractivity contribution in [3.05, 3.63) is 60.0 Å². The third-order valence-corrected chi connectivity index (χ3v) is 5.43. The number of anilines is 4. The first kappa shape index (κ1) is 20.0. The van der Waals surface area contributed by atoms with Gasteiger partial charge in [-0.3, -0.25) is 0 Å². The quantitative estimate of drug-likeness (QED) is 0.483. The Morgan fingerprint density at radius 2 is 1.93 bits per heavy atom. The Balaban J connectivity index is 1.58. The third kappa shape index (κ3) is 4.32. The number of fused-ring (bicyclic) bond motifs is 1. The molecule has 1 unspecified atom stereocenters. The second-order valence-corrected chi connectivity index (χ2v) is 8.27. The molecule has 4 rings (SSSR count). The normalized spacial score (nSPS) is 15.8. The van der Waals surface area contributed by atoms with Crippen LogP contribution in [0, 0.1) is 5.82 Å². The van der Waals surface area contributed by atoms with Crippen molar-refractivity contribution < 1.29 is 17.5 Å². The minimum atomic E-state index is -3.86. The smallest absolute Gasteiger partial charge is 0.238 e. The summed E-state index contributed by atoms with van der Waals surface area (Å²) in [6.07, 6.45) is 1.71. The molecule has 2 heterocycles. The molecule has 11 heteroatoms. The van der Waals surface area contributed by atoms with Gasteiger partial charge in [0, 0.05) is 29.4 Å². The zero-order valence-corrected chi connectivity index (χ0v) is 16.5. The van der Waals surface area contributed by atoms with E-state index >= 15 is 0 Å². The van der Waals surface area contributed by atoms with E-state index in [1.54, 1.807) is 24.3 Å². The van der Waals surface area contributed by atoms with Crippen molar-refractivity contribution in [3.63, 3.8) is 0 Å². The van der Waals surface area contributed by atoms with Gasteiger partial charge < -0.3 is 21.1 Å².